The number of rotatable bonds is 5. The van der Waals surface area contributed by atoms with Crippen LogP contribution in [0.15, 0.2) is 24.3 Å². The van der Waals surface area contributed by atoms with Gasteiger partial charge in [0.15, 0.2) is 0 Å². The third-order valence-corrected chi connectivity index (χ3v) is 3.31. The van der Waals surface area contributed by atoms with E-state index in [4.69, 9.17) is 15.2 Å². The molecule has 0 saturated carbocycles. The zero-order chi connectivity index (χ0) is 13.7. The van der Waals surface area contributed by atoms with E-state index in [1.54, 1.807) is 0 Å². The van der Waals surface area contributed by atoms with E-state index in [2.05, 4.69) is 18.7 Å². The molecule has 0 aromatic heterocycles. The topological polar surface area (TPSA) is 47.7 Å². The van der Waals surface area contributed by atoms with Gasteiger partial charge in [0.2, 0.25) is 0 Å². The van der Waals surface area contributed by atoms with Gasteiger partial charge in [-0.15, -0.1) is 0 Å². The first kappa shape index (κ1) is 14.3. The number of hydrogen-bond acceptors (Lipinski definition) is 4. The van der Waals surface area contributed by atoms with Gasteiger partial charge in [0.1, 0.15) is 12.4 Å². The number of benzene rings is 1. The highest BCUT2D eigenvalue weighted by molar-refractivity contribution is 5.28. The van der Waals surface area contributed by atoms with E-state index in [0.717, 1.165) is 30.9 Å². The molecular formula is C15H24N2O2. The molecule has 1 aromatic carbocycles. The van der Waals surface area contributed by atoms with Crippen LogP contribution in [0.1, 0.15) is 19.4 Å². The summed E-state index contributed by atoms with van der Waals surface area (Å²) in [5, 5.41) is 0. The highest BCUT2D eigenvalue weighted by Gasteiger charge is 2.21. The molecular weight excluding hydrogens is 240 g/mol. The Labute approximate surface area is 115 Å². The molecule has 0 amide bonds. The van der Waals surface area contributed by atoms with Gasteiger partial charge in [-0.25, -0.2) is 0 Å². The molecule has 0 spiro atoms. The van der Waals surface area contributed by atoms with Crippen molar-refractivity contribution in [1.29, 1.82) is 0 Å². The van der Waals surface area contributed by atoms with Crippen molar-refractivity contribution in [3.63, 3.8) is 0 Å². The molecule has 1 fully saturated rings. The van der Waals surface area contributed by atoms with E-state index < -0.39 is 0 Å². The first-order valence-electron chi connectivity index (χ1n) is 6.97. The molecule has 106 valence electrons. The minimum atomic E-state index is 0.310. The maximum atomic E-state index is 5.78. The molecule has 0 bridgehead atoms. The van der Waals surface area contributed by atoms with Gasteiger partial charge in [-0.1, -0.05) is 12.1 Å². The van der Waals surface area contributed by atoms with Crippen molar-refractivity contribution in [2.75, 3.05) is 26.2 Å². The molecule has 0 aliphatic carbocycles. The monoisotopic (exact) mass is 264 g/mol. The van der Waals surface area contributed by atoms with Gasteiger partial charge in [-0.3, -0.25) is 4.90 Å². The molecule has 4 heteroatoms. The second-order valence-corrected chi connectivity index (χ2v) is 5.22. The van der Waals surface area contributed by atoms with Crippen LogP contribution in [0.5, 0.6) is 5.75 Å². The van der Waals surface area contributed by atoms with Crippen LogP contribution in [0, 0.1) is 0 Å². The van der Waals surface area contributed by atoms with Crippen molar-refractivity contribution in [3.8, 4) is 5.75 Å². The summed E-state index contributed by atoms with van der Waals surface area (Å²) in [5.41, 5.74) is 6.72. The van der Waals surface area contributed by atoms with E-state index in [1.165, 1.54) is 0 Å². The summed E-state index contributed by atoms with van der Waals surface area (Å²) in [6.07, 6.45) is 0.619. The minimum absolute atomic E-state index is 0.310. The highest BCUT2D eigenvalue weighted by Crippen LogP contribution is 2.14. The van der Waals surface area contributed by atoms with Crippen molar-refractivity contribution < 1.29 is 9.47 Å². The van der Waals surface area contributed by atoms with Gasteiger partial charge in [-0.2, -0.15) is 0 Å². The number of nitrogens with zero attached hydrogens (tertiary/aromatic N) is 1. The van der Waals surface area contributed by atoms with E-state index in [-0.39, 0.29) is 0 Å². The van der Waals surface area contributed by atoms with Crippen LogP contribution in [0.3, 0.4) is 0 Å². The maximum absolute atomic E-state index is 5.78. The Hall–Kier alpha value is -1.10. The predicted octanol–water partition coefficient (Wildman–Crippen LogP) is 1.63. The van der Waals surface area contributed by atoms with E-state index in [9.17, 15) is 0 Å². The third-order valence-electron chi connectivity index (χ3n) is 3.31. The Balaban J connectivity index is 1.76. The van der Waals surface area contributed by atoms with Gasteiger partial charge in [0.25, 0.3) is 0 Å². The fourth-order valence-electron chi connectivity index (χ4n) is 2.52. The zero-order valence-electron chi connectivity index (χ0n) is 11.8. The quantitative estimate of drug-likeness (QED) is 0.878. The number of ether oxygens (including phenoxy) is 2. The average molecular weight is 264 g/mol. The molecule has 1 aliphatic rings. The van der Waals surface area contributed by atoms with Gasteiger partial charge in [0.05, 0.1) is 12.2 Å². The largest absolute Gasteiger partial charge is 0.492 e. The minimum Gasteiger partial charge on any atom is -0.492 e. The molecule has 2 rings (SSSR count). The smallest absolute Gasteiger partial charge is 0.119 e. The van der Waals surface area contributed by atoms with Crippen LogP contribution >= 0.6 is 0 Å². The molecule has 2 atom stereocenters. The predicted molar refractivity (Wildman–Crippen MR) is 76.3 cm³/mol. The molecule has 1 saturated heterocycles. The Morgan fingerprint density at radius 2 is 2.05 bits per heavy atom. The molecule has 1 aliphatic heterocycles. The maximum Gasteiger partial charge on any atom is 0.119 e. The van der Waals surface area contributed by atoms with Crippen LogP contribution in [-0.2, 0) is 11.3 Å². The third kappa shape index (κ3) is 4.49. The molecule has 2 unspecified atom stereocenters. The molecule has 1 heterocycles. The van der Waals surface area contributed by atoms with Gasteiger partial charge in [-0.05, 0) is 31.5 Å². The Morgan fingerprint density at radius 3 is 2.74 bits per heavy atom. The van der Waals surface area contributed by atoms with Crippen molar-refractivity contribution in [2.24, 2.45) is 5.73 Å². The Bertz CT molecular complexity index is 387. The number of nitrogens with two attached hydrogens (primary N) is 1. The van der Waals surface area contributed by atoms with Crippen LogP contribution in [-0.4, -0.2) is 43.3 Å². The van der Waals surface area contributed by atoms with Gasteiger partial charge < -0.3 is 15.2 Å². The summed E-state index contributed by atoms with van der Waals surface area (Å²) < 4.78 is 11.5. The zero-order valence-corrected chi connectivity index (χ0v) is 11.8. The second-order valence-electron chi connectivity index (χ2n) is 5.22. The molecule has 0 radical (unpaired) electrons. The summed E-state index contributed by atoms with van der Waals surface area (Å²) in [7, 11) is 0. The van der Waals surface area contributed by atoms with Crippen LogP contribution in [0.4, 0.5) is 0 Å². The van der Waals surface area contributed by atoms with Gasteiger partial charge >= 0.3 is 0 Å². The Morgan fingerprint density at radius 1 is 1.32 bits per heavy atom. The summed E-state index contributed by atoms with van der Waals surface area (Å²) in [4.78, 5) is 2.39. The van der Waals surface area contributed by atoms with Crippen molar-refractivity contribution in [3.05, 3.63) is 29.8 Å². The van der Waals surface area contributed by atoms with Gasteiger partial charge in [0, 0.05) is 26.2 Å². The van der Waals surface area contributed by atoms with Crippen molar-refractivity contribution in [1.82, 2.24) is 4.90 Å². The molecule has 19 heavy (non-hydrogen) atoms. The summed E-state index contributed by atoms with van der Waals surface area (Å²) in [6, 6.07) is 7.98. The normalized spacial score (nSPS) is 24.4. The van der Waals surface area contributed by atoms with E-state index in [1.807, 2.05) is 24.3 Å². The van der Waals surface area contributed by atoms with Crippen molar-refractivity contribution in [2.45, 2.75) is 32.6 Å². The van der Waals surface area contributed by atoms with E-state index in [0.29, 0.717) is 25.4 Å². The number of hydrogen-bond donors (Lipinski definition) is 1. The van der Waals surface area contributed by atoms with Crippen LogP contribution in [0.25, 0.3) is 0 Å². The lowest BCUT2D eigenvalue weighted by Gasteiger charge is -2.35. The lowest BCUT2D eigenvalue weighted by Crippen LogP contribution is -2.46. The van der Waals surface area contributed by atoms with Crippen LogP contribution < -0.4 is 10.5 Å². The first-order chi connectivity index (χ1) is 9.17. The summed E-state index contributed by atoms with van der Waals surface area (Å²) >= 11 is 0. The second kappa shape index (κ2) is 6.89. The molecule has 2 N–H and O–H groups in total. The highest BCUT2D eigenvalue weighted by atomic mass is 16.5. The standard InChI is InChI=1S/C15H24N2O2/c1-12-10-17(11-13(2)19-12)6-7-18-15-5-3-4-14(8-15)9-16/h3-5,8,12-13H,6-7,9-11,16H2,1-2H3. The average Bonchev–Trinajstić information content (AvgIpc) is 2.38. The fourth-order valence-corrected chi connectivity index (χ4v) is 2.52. The summed E-state index contributed by atoms with van der Waals surface area (Å²) in [6.45, 7) is 8.39. The van der Waals surface area contributed by atoms with Crippen molar-refractivity contribution >= 4 is 0 Å². The lowest BCUT2D eigenvalue weighted by molar-refractivity contribution is -0.0699. The Kier molecular flexibility index (Phi) is 5.19. The summed E-state index contributed by atoms with van der Waals surface area (Å²) in [5.74, 6) is 0.900. The van der Waals surface area contributed by atoms with Crippen LogP contribution in [0.2, 0.25) is 0 Å². The first-order valence-corrected chi connectivity index (χ1v) is 6.97. The SMILES string of the molecule is CC1CN(CCOc2cccc(CN)c2)CC(C)O1. The lowest BCUT2D eigenvalue weighted by atomic mass is 10.2. The number of morpholine rings is 1. The fraction of sp³-hybridized carbons (Fsp3) is 0.600. The molecule has 1 aromatic rings. The van der Waals surface area contributed by atoms with E-state index >= 15 is 0 Å². The molecule has 4 nitrogen and oxygen atoms in total.